The Morgan fingerprint density at radius 1 is 0.840 bits per heavy atom. The van der Waals surface area contributed by atoms with Crippen LogP contribution in [0, 0.1) is 0 Å². The molecule has 5 heteroatoms. The normalized spacial score (nSPS) is 13.4. The fraction of sp³-hybridized carbons (Fsp3) is 0.900. The molecular formula is C20H37O5-. The van der Waals surface area contributed by atoms with Crippen molar-refractivity contribution in [2.24, 2.45) is 0 Å². The van der Waals surface area contributed by atoms with E-state index in [1.54, 1.807) is 0 Å². The minimum absolute atomic E-state index is 0.0623. The van der Waals surface area contributed by atoms with Gasteiger partial charge in [-0.1, -0.05) is 71.6 Å². The van der Waals surface area contributed by atoms with Gasteiger partial charge in [0.2, 0.25) is 0 Å². The third-order valence-electron chi connectivity index (χ3n) is 4.37. The number of aliphatic hydroxyl groups excluding tert-OH is 1. The summed E-state index contributed by atoms with van der Waals surface area (Å²) in [6.07, 6.45) is 10.2. The minimum Gasteiger partial charge on any atom is -0.550 e. The van der Waals surface area contributed by atoms with Crippen molar-refractivity contribution in [3.05, 3.63) is 0 Å². The Morgan fingerprint density at radius 3 is 1.88 bits per heavy atom. The molecule has 0 spiro atoms. The summed E-state index contributed by atoms with van der Waals surface area (Å²) in [5.74, 6) is -1.72. The molecule has 0 amide bonds. The van der Waals surface area contributed by atoms with Crippen LogP contribution in [0.1, 0.15) is 104 Å². The van der Waals surface area contributed by atoms with Gasteiger partial charge in [-0.2, -0.15) is 0 Å². The first-order valence-corrected chi connectivity index (χ1v) is 10.1. The van der Waals surface area contributed by atoms with Gasteiger partial charge in [0.15, 0.2) is 0 Å². The van der Waals surface area contributed by atoms with Crippen LogP contribution in [0.3, 0.4) is 0 Å². The molecule has 0 aromatic heterocycles. The lowest BCUT2D eigenvalue weighted by atomic mass is 10.1. The number of hydrogen-bond donors (Lipinski definition) is 1. The van der Waals surface area contributed by atoms with E-state index >= 15 is 0 Å². The third kappa shape index (κ3) is 16.1. The number of ether oxygens (including phenoxy) is 1. The van der Waals surface area contributed by atoms with Crippen molar-refractivity contribution in [3.63, 3.8) is 0 Å². The van der Waals surface area contributed by atoms with Gasteiger partial charge in [0.25, 0.3) is 0 Å². The molecule has 0 aliphatic carbocycles. The average molecular weight is 358 g/mol. The number of rotatable bonds is 17. The Morgan fingerprint density at radius 2 is 1.36 bits per heavy atom. The summed E-state index contributed by atoms with van der Waals surface area (Å²) in [6, 6.07) is 0. The SMILES string of the molecule is CCCCCCC[C@@H](O)CC(=O)O[C@H](CCCCCCC)CC(=O)[O-]. The van der Waals surface area contributed by atoms with Crippen molar-refractivity contribution in [3.8, 4) is 0 Å². The van der Waals surface area contributed by atoms with E-state index in [9.17, 15) is 19.8 Å². The molecule has 0 aliphatic rings. The van der Waals surface area contributed by atoms with E-state index < -0.39 is 24.1 Å². The summed E-state index contributed by atoms with van der Waals surface area (Å²) in [7, 11) is 0. The van der Waals surface area contributed by atoms with E-state index in [2.05, 4.69) is 13.8 Å². The molecule has 25 heavy (non-hydrogen) atoms. The number of carbonyl (C=O) groups excluding carboxylic acids is 2. The van der Waals surface area contributed by atoms with Crippen LogP contribution in [0.25, 0.3) is 0 Å². The molecular weight excluding hydrogens is 320 g/mol. The van der Waals surface area contributed by atoms with Crippen LogP contribution in [0.2, 0.25) is 0 Å². The van der Waals surface area contributed by atoms with Crippen LogP contribution >= 0.6 is 0 Å². The molecule has 0 heterocycles. The van der Waals surface area contributed by atoms with Gasteiger partial charge >= 0.3 is 5.97 Å². The van der Waals surface area contributed by atoms with Gasteiger partial charge in [-0.15, -0.1) is 0 Å². The first-order chi connectivity index (χ1) is 12.0. The Labute approximate surface area is 153 Å². The van der Waals surface area contributed by atoms with Gasteiger partial charge < -0.3 is 19.7 Å². The summed E-state index contributed by atoms with van der Waals surface area (Å²) in [6.45, 7) is 4.29. The van der Waals surface area contributed by atoms with E-state index in [-0.39, 0.29) is 12.8 Å². The third-order valence-corrected chi connectivity index (χ3v) is 4.37. The number of unbranched alkanes of at least 4 members (excludes halogenated alkanes) is 8. The Balaban J connectivity index is 4.03. The van der Waals surface area contributed by atoms with Gasteiger partial charge in [0.05, 0.1) is 12.5 Å². The van der Waals surface area contributed by atoms with E-state index in [1.165, 1.54) is 12.8 Å². The highest BCUT2D eigenvalue weighted by molar-refractivity contribution is 5.71. The Kier molecular flexibility index (Phi) is 15.7. The molecule has 0 radical (unpaired) electrons. The van der Waals surface area contributed by atoms with Crippen LogP contribution in [0.5, 0.6) is 0 Å². The second-order valence-electron chi connectivity index (χ2n) is 6.95. The molecule has 0 fully saturated rings. The lowest BCUT2D eigenvalue weighted by Gasteiger charge is -2.19. The van der Waals surface area contributed by atoms with Crippen molar-refractivity contribution in [2.45, 2.75) is 116 Å². The van der Waals surface area contributed by atoms with Crippen LogP contribution in [-0.2, 0) is 14.3 Å². The van der Waals surface area contributed by atoms with E-state index in [0.29, 0.717) is 12.8 Å². The highest BCUT2D eigenvalue weighted by Crippen LogP contribution is 2.15. The molecule has 0 aromatic carbocycles. The number of aliphatic carboxylic acids is 1. The number of esters is 1. The first-order valence-electron chi connectivity index (χ1n) is 10.1. The second-order valence-corrected chi connectivity index (χ2v) is 6.95. The van der Waals surface area contributed by atoms with Crippen LogP contribution < -0.4 is 5.11 Å². The zero-order chi connectivity index (χ0) is 18.9. The highest BCUT2D eigenvalue weighted by Gasteiger charge is 2.18. The number of hydrogen-bond acceptors (Lipinski definition) is 5. The van der Waals surface area contributed by atoms with Crippen molar-refractivity contribution in [1.29, 1.82) is 0 Å². The van der Waals surface area contributed by atoms with Gasteiger partial charge in [-0.05, 0) is 19.3 Å². The van der Waals surface area contributed by atoms with E-state index in [1.807, 2.05) is 0 Å². The lowest BCUT2D eigenvalue weighted by Crippen LogP contribution is -2.31. The molecule has 0 saturated carbocycles. The zero-order valence-corrected chi connectivity index (χ0v) is 16.1. The van der Waals surface area contributed by atoms with Gasteiger partial charge in [-0.25, -0.2) is 0 Å². The molecule has 0 saturated heterocycles. The Bertz CT molecular complexity index is 343. The monoisotopic (exact) mass is 357 g/mol. The molecule has 0 aromatic rings. The summed E-state index contributed by atoms with van der Waals surface area (Å²) in [5, 5.41) is 20.7. The van der Waals surface area contributed by atoms with Crippen LogP contribution in [0.4, 0.5) is 0 Å². The van der Waals surface area contributed by atoms with Gasteiger partial charge in [0.1, 0.15) is 6.10 Å². The Hall–Kier alpha value is -1.10. The number of carbonyl (C=O) groups is 2. The number of aliphatic hydroxyl groups is 1. The standard InChI is InChI=1S/C20H38O5/c1-3-5-7-9-11-13-17(21)15-20(24)25-18(16-19(22)23)14-12-10-8-6-4-2/h17-18,21H,3-16H2,1-2H3,(H,22,23)/p-1/t17-,18-/m1/s1. The maximum atomic E-state index is 11.9. The lowest BCUT2D eigenvalue weighted by molar-refractivity contribution is -0.307. The van der Waals surface area contributed by atoms with Gasteiger partial charge in [0, 0.05) is 12.4 Å². The van der Waals surface area contributed by atoms with Crippen molar-refractivity contribution in [2.75, 3.05) is 0 Å². The smallest absolute Gasteiger partial charge is 0.308 e. The summed E-state index contributed by atoms with van der Waals surface area (Å²) < 4.78 is 5.26. The maximum absolute atomic E-state index is 11.9. The molecule has 0 bridgehead atoms. The summed E-state index contributed by atoms with van der Waals surface area (Å²) >= 11 is 0. The second kappa shape index (κ2) is 16.4. The fourth-order valence-electron chi connectivity index (χ4n) is 2.88. The van der Waals surface area contributed by atoms with Crippen molar-refractivity contribution in [1.82, 2.24) is 0 Å². The average Bonchev–Trinajstić information content (AvgIpc) is 2.53. The quantitative estimate of drug-likeness (QED) is 0.318. The minimum atomic E-state index is -1.21. The molecule has 0 aliphatic heterocycles. The first kappa shape index (κ1) is 23.9. The number of carboxylic acid groups (broad SMARTS) is 1. The predicted molar refractivity (Wildman–Crippen MR) is 96.9 cm³/mol. The van der Waals surface area contributed by atoms with Crippen LogP contribution in [-0.4, -0.2) is 29.3 Å². The predicted octanol–water partition coefficient (Wildman–Crippen LogP) is 3.51. The molecule has 148 valence electrons. The molecule has 2 atom stereocenters. The van der Waals surface area contributed by atoms with E-state index in [4.69, 9.17) is 4.74 Å². The van der Waals surface area contributed by atoms with Gasteiger partial charge in [-0.3, -0.25) is 4.79 Å². The van der Waals surface area contributed by atoms with Crippen molar-refractivity contribution >= 4 is 11.9 Å². The van der Waals surface area contributed by atoms with Crippen molar-refractivity contribution < 1.29 is 24.5 Å². The molecule has 0 unspecified atom stereocenters. The molecule has 5 nitrogen and oxygen atoms in total. The fourth-order valence-corrected chi connectivity index (χ4v) is 2.88. The summed E-state index contributed by atoms with van der Waals surface area (Å²) in [4.78, 5) is 22.7. The van der Waals surface area contributed by atoms with Crippen LogP contribution in [0.15, 0.2) is 0 Å². The summed E-state index contributed by atoms with van der Waals surface area (Å²) in [5.41, 5.74) is 0. The maximum Gasteiger partial charge on any atom is 0.308 e. The number of carboxylic acids is 1. The highest BCUT2D eigenvalue weighted by atomic mass is 16.5. The van der Waals surface area contributed by atoms with E-state index in [0.717, 1.165) is 51.4 Å². The zero-order valence-electron chi connectivity index (χ0n) is 16.1. The largest absolute Gasteiger partial charge is 0.550 e. The topological polar surface area (TPSA) is 86.7 Å². The molecule has 1 N–H and O–H groups in total. The molecule has 0 rings (SSSR count).